The minimum absolute atomic E-state index is 0. The molecule has 1 aromatic carbocycles. The van der Waals surface area contributed by atoms with Gasteiger partial charge in [-0.1, -0.05) is 0 Å². The van der Waals surface area contributed by atoms with Crippen molar-refractivity contribution < 1.29 is 4.74 Å². The normalized spacial score (nSPS) is 9.61. The van der Waals surface area contributed by atoms with Crippen LogP contribution in [0.2, 0.25) is 0 Å². The van der Waals surface area contributed by atoms with E-state index in [1.807, 2.05) is 24.3 Å². The van der Waals surface area contributed by atoms with Crippen molar-refractivity contribution in [3.8, 4) is 17.0 Å². The van der Waals surface area contributed by atoms with Crippen molar-refractivity contribution in [1.82, 2.24) is 9.78 Å². The number of benzene rings is 1. The van der Waals surface area contributed by atoms with E-state index < -0.39 is 0 Å². The van der Waals surface area contributed by atoms with Gasteiger partial charge in [0.25, 0.3) is 0 Å². The van der Waals surface area contributed by atoms with E-state index in [-0.39, 0.29) is 18.4 Å². The van der Waals surface area contributed by atoms with Crippen LogP contribution >= 0.6 is 12.4 Å². The topological polar surface area (TPSA) is 103 Å². The van der Waals surface area contributed by atoms with E-state index in [4.69, 9.17) is 21.6 Å². The van der Waals surface area contributed by atoms with Crippen LogP contribution in [-0.4, -0.2) is 22.8 Å². The molecular weight excluding hydrogens is 254 g/mol. The zero-order valence-corrected chi connectivity index (χ0v) is 10.6. The smallest absolute Gasteiger partial charge is 0.215 e. The van der Waals surface area contributed by atoms with Crippen LogP contribution in [0.25, 0.3) is 11.3 Å². The first-order valence-electron chi connectivity index (χ1n) is 4.96. The van der Waals surface area contributed by atoms with Gasteiger partial charge in [-0.05, 0) is 24.3 Å². The fraction of sp³-hybridized carbons (Fsp3) is 0.0909. The minimum Gasteiger partial charge on any atom is -0.497 e. The average molecular weight is 268 g/mol. The van der Waals surface area contributed by atoms with Gasteiger partial charge in [-0.2, -0.15) is 9.78 Å². The Morgan fingerprint density at radius 2 is 1.94 bits per heavy atom. The summed E-state index contributed by atoms with van der Waals surface area (Å²) in [5.74, 6) is 0.901. The van der Waals surface area contributed by atoms with E-state index >= 15 is 0 Å². The highest BCUT2D eigenvalue weighted by atomic mass is 35.5. The van der Waals surface area contributed by atoms with Gasteiger partial charge in [0, 0.05) is 11.6 Å². The number of rotatable bonds is 2. The molecule has 0 spiro atoms. The predicted octanol–water partition coefficient (Wildman–Crippen LogP) is 1.30. The zero-order valence-electron chi connectivity index (χ0n) is 9.75. The molecule has 2 rings (SSSR count). The number of hydrogen-bond acceptors (Lipinski definition) is 4. The molecule has 0 saturated carbocycles. The van der Waals surface area contributed by atoms with Crippen molar-refractivity contribution in [3.63, 3.8) is 0 Å². The van der Waals surface area contributed by atoms with Crippen LogP contribution in [0, 0.1) is 5.41 Å². The van der Waals surface area contributed by atoms with Gasteiger partial charge >= 0.3 is 0 Å². The van der Waals surface area contributed by atoms with Crippen molar-refractivity contribution in [3.05, 3.63) is 30.3 Å². The van der Waals surface area contributed by atoms with E-state index in [2.05, 4.69) is 5.10 Å². The molecular formula is C11H14ClN5O. The maximum atomic E-state index is 7.29. The van der Waals surface area contributed by atoms with Crippen molar-refractivity contribution >= 4 is 24.2 Å². The lowest BCUT2D eigenvalue weighted by Gasteiger charge is -2.00. The van der Waals surface area contributed by atoms with Gasteiger partial charge in [0.05, 0.1) is 12.8 Å². The lowest BCUT2D eigenvalue weighted by Crippen LogP contribution is -2.23. The lowest BCUT2D eigenvalue weighted by molar-refractivity contribution is 0.415. The molecule has 0 bridgehead atoms. The third-order valence-corrected chi connectivity index (χ3v) is 2.35. The molecule has 7 heteroatoms. The van der Waals surface area contributed by atoms with Gasteiger partial charge < -0.3 is 16.2 Å². The number of methoxy groups -OCH3 is 1. The summed E-state index contributed by atoms with van der Waals surface area (Å²) in [6, 6.07) is 9.07. The summed E-state index contributed by atoms with van der Waals surface area (Å²) in [7, 11) is 1.61. The Morgan fingerprint density at radius 3 is 2.39 bits per heavy atom. The number of nitrogens with zero attached hydrogens (tertiary/aromatic N) is 2. The highest BCUT2D eigenvalue weighted by Gasteiger charge is 2.08. The fourth-order valence-corrected chi connectivity index (χ4v) is 1.49. The predicted molar refractivity (Wildman–Crippen MR) is 73.2 cm³/mol. The number of aromatic nitrogens is 2. The van der Waals surface area contributed by atoms with E-state index in [1.54, 1.807) is 13.2 Å². The van der Waals surface area contributed by atoms with Crippen molar-refractivity contribution in [1.29, 1.82) is 5.41 Å². The molecule has 0 amide bonds. The molecule has 6 nitrogen and oxygen atoms in total. The molecule has 96 valence electrons. The molecule has 0 saturated heterocycles. The molecule has 0 radical (unpaired) electrons. The summed E-state index contributed by atoms with van der Waals surface area (Å²) in [4.78, 5) is 0. The van der Waals surface area contributed by atoms with Crippen LogP contribution in [0.3, 0.4) is 0 Å². The zero-order chi connectivity index (χ0) is 12.4. The Morgan fingerprint density at radius 1 is 1.33 bits per heavy atom. The third kappa shape index (κ3) is 2.54. The maximum absolute atomic E-state index is 7.29. The van der Waals surface area contributed by atoms with Crippen molar-refractivity contribution in [2.24, 2.45) is 5.73 Å². The summed E-state index contributed by atoms with van der Waals surface area (Å²) in [6.45, 7) is 0. The highest BCUT2D eigenvalue weighted by molar-refractivity contribution is 5.85. The number of nitrogens with two attached hydrogens (primary N) is 2. The molecule has 1 aromatic heterocycles. The van der Waals surface area contributed by atoms with Gasteiger partial charge in [0.1, 0.15) is 11.6 Å². The van der Waals surface area contributed by atoms with Crippen molar-refractivity contribution in [2.45, 2.75) is 0 Å². The Hall–Kier alpha value is -2.21. The molecule has 0 fully saturated rings. The molecule has 2 aromatic rings. The monoisotopic (exact) mass is 267 g/mol. The highest BCUT2D eigenvalue weighted by Crippen LogP contribution is 2.22. The number of anilines is 1. The number of ether oxygens (including phenoxy) is 1. The van der Waals surface area contributed by atoms with Crippen LogP contribution in [0.15, 0.2) is 30.3 Å². The summed E-state index contributed by atoms with van der Waals surface area (Å²) < 4.78 is 6.25. The first kappa shape index (κ1) is 13.9. The second kappa shape index (κ2) is 5.42. The molecule has 0 aliphatic carbocycles. The fourth-order valence-electron chi connectivity index (χ4n) is 1.49. The van der Waals surface area contributed by atoms with Crippen LogP contribution in [0.1, 0.15) is 0 Å². The first-order valence-corrected chi connectivity index (χ1v) is 4.96. The van der Waals surface area contributed by atoms with E-state index in [0.717, 1.165) is 11.3 Å². The molecule has 0 aliphatic heterocycles. The standard InChI is InChI=1S/C11H13N5O.ClH/c1-17-8-4-2-7(3-5-8)9-6-10(12)16(15-9)11(13)14;/h2-6H,12H2,1H3,(H3,13,14);1H. The number of nitrogen functional groups attached to an aromatic ring is 2. The van der Waals surface area contributed by atoms with Crippen LogP contribution < -0.4 is 16.2 Å². The Kier molecular flexibility index (Phi) is 4.17. The molecule has 5 N–H and O–H groups in total. The summed E-state index contributed by atoms with van der Waals surface area (Å²) >= 11 is 0. The third-order valence-electron chi connectivity index (χ3n) is 2.35. The van der Waals surface area contributed by atoms with Crippen LogP contribution in [0.4, 0.5) is 5.82 Å². The lowest BCUT2D eigenvalue weighted by atomic mass is 10.1. The summed E-state index contributed by atoms with van der Waals surface area (Å²) in [5, 5.41) is 11.4. The summed E-state index contributed by atoms with van der Waals surface area (Å²) in [6.07, 6.45) is 0. The number of nitrogens with one attached hydrogen (secondary N) is 1. The van der Waals surface area contributed by atoms with Gasteiger partial charge in [0.15, 0.2) is 0 Å². The van der Waals surface area contributed by atoms with Gasteiger partial charge in [-0.3, -0.25) is 5.41 Å². The maximum Gasteiger partial charge on any atom is 0.215 e. The molecule has 0 atom stereocenters. The molecule has 0 unspecified atom stereocenters. The minimum atomic E-state index is -0.206. The SMILES string of the molecule is COc1ccc(-c2cc(N)n(C(=N)N)n2)cc1.Cl. The second-order valence-electron chi connectivity index (χ2n) is 3.48. The number of hydrogen-bond donors (Lipinski definition) is 3. The quantitative estimate of drug-likeness (QED) is 0.564. The largest absolute Gasteiger partial charge is 0.497 e. The Balaban J connectivity index is 0.00000162. The van der Waals surface area contributed by atoms with Gasteiger partial charge in [-0.15, -0.1) is 12.4 Å². The number of halogens is 1. The average Bonchev–Trinajstić information content (AvgIpc) is 2.71. The Labute approximate surface area is 110 Å². The second-order valence-corrected chi connectivity index (χ2v) is 3.48. The van der Waals surface area contributed by atoms with Crippen LogP contribution in [0.5, 0.6) is 5.75 Å². The van der Waals surface area contributed by atoms with E-state index in [1.165, 1.54) is 4.68 Å². The molecule has 0 aliphatic rings. The summed E-state index contributed by atoms with van der Waals surface area (Å²) in [5.41, 5.74) is 12.6. The van der Waals surface area contributed by atoms with Gasteiger partial charge in [0.2, 0.25) is 5.96 Å². The molecule has 1 heterocycles. The molecule has 18 heavy (non-hydrogen) atoms. The van der Waals surface area contributed by atoms with Crippen molar-refractivity contribution in [2.75, 3.05) is 12.8 Å². The van der Waals surface area contributed by atoms with Gasteiger partial charge in [-0.25, -0.2) is 0 Å². The van der Waals surface area contributed by atoms with E-state index in [0.29, 0.717) is 11.5 Å². The van der Waals surface area contributed by atoms with Crippen LogP contribution in [-0.2, 0) is 0 Å². The van der Waals surface area contributed by atoms with E-state index in [9.17, 15) is 0 Å². The Bertz CT molecular complexity index is 549. The first-order chi connectivity index (χ1) is 8.11.